The molecule has 1 amide bonds. The van der Waals surface area contributed by atoms with E-state index in [2.05, 4.69) is 24.0 Å². The third-order valence-electron chi connectivity index (χ3n) is 3.33. The average molecular weight is 234 g/mol. The first-order chi connectivity index (χ1) is 8.09. The Balaban J connectivity index is 2.20. The second-order valence-corrected chi connectivity index (χ2v) is 4.68. The summed E-state index contributed by atoms with van der Waals surface area (Å²) in [6.45, 7) is 4.16. The minimum atomic E-state index is -0.0443. The van der Waals surface area contributed by atoms with Crippen LogP contribution < -0.4 is 5.73 Å². The molecule has 1 fully saturated rings. The van der Waals surface area contributed by atoms with E-state index in [1.54, 1.807) is 12.1 Å². The lowest BCUT2D eigenvalue weighted by atomic mass is 9.97. The van der Waals surface area contributed by atoms with Gasteiger partial charge in [0.15, 0.2) is 5.69 Å². The molecule has 1 aliphatic rings. The van der Waals surface area contributed by atoms with Crippen molar-refractivity contribution in [1.82, 2.24) is 15.1 Å². The summed E-state index contributed by atoms with van der Waals surface area (Å²) in [6, 6.07) is 3.79. The van der Waals surface area contributed by atoms with Crippen LogP contribution in [0.25, 0.3) is 0 Å². The zero-order valence-corrected chi connectivity index (χ0v) is 10.3. The molecule has 1 aromatic heterocycles. The quantitative estimate of drug-likeness (QED) is 0.798. The number of likely N-dealkylation sites (tertiary alicyclic amines) is 1. The fraction of sp³-hybridized carbons (Fsp3) is 0.583. The Morgan fingerprint density at radius 3 is 2.47 bits per heavy atom. The fourth-order valence-corrected chi connectivity index (χ4v) is 2.41. The number of nitrogens with zero attached hydrogens (tertiary/aromatic N) is 3. The Bertz CT molecular complexity index is 393. The van der Waals surface area contributed by atoms with Crippen molar-refractivity contribution >= 4 is 11.7 Å². The molecular formula is C12H18N4O. The molecule has 1 aromatic rings. The lowest BCUT2D eigenvalue weighted by molar-refractivity contribution is 0.0503. The molecule has 17 heavy (non-hydrogen) atoms. The summed E-state index contributed by atoms with van der Waals surface area (Å²) in [5, 5.41) is 7.58. The van der Waals surface area contributed by atoms with Crippen LogP contribution in [0.2, 0.25) is 0 Å². The first kappa shape index (κ1) is 11.8. The van der Waals surface area contributed by atoms with E-state index in [1.165, 1.54) is 6.42 Å². The number of carbonyl (C=O) groups is 1. The van der Waals surface area contributed by atoms with Crippen LogP contribution >= 0.6 is 0 Å². The van der Waals surface area contributed by atoms with Gasteiger partial charge in [-0.15, -0.1) is 10.2 Å². The van der Waals surface area contributed by atoms with Crippen molar-refractivity contribution in [2.24, 2.45) is 0 Å². The molecule has 2 atom stereocenters. The van der Waals surface area contributed by atoms with E-state index in [4.69, 9.17) is 5.73 Å². The molecule has 92 valence electrons. The van der Waals surface area contributed by atoms with Crippen LogP contribution in [0.1, 0.15) is 43.6 Å². The molecule has 0 radical (unpaired) electrons. The van der Waals surface area contributed by atoms with Crippen LogP contribution in [-0.4, -0.2) is 33.1 Å². The standard InChI is InChI=1S/C12H18N4O/c1-8-4-3-5-9(2)16(8)12(17)10-6-7-11(13)15-14-10/h6-9H,3-5H2,1-2H3,(H2,13,15). The zero-order chi connectivity index (χ0) is 12.4. The Morgan fingerprint density at radius 1 is 1.29 bits per heavy atom. The Hall–Kier alpha value is -1.65. The summed E-state index contributed by atoms with van der Waals surface area (Å²) >= 11 is 0. The molecule has 0 aromatic carbocycles. The van der Waals surface area contributed by atoms with E-state index in [9.17, 15) is 4.79 Å². The van der Waals surface area contributed by atoms with Gasteiger partial charge in [-0.25, -0.2) is 0 Å². The first-order valence-electron chi connectivity index (χ1n) is 6.01. The molecular weight excluding hydrogens is 216 g/mol. The van der Waals surface area contributed by atoms with Crippen molar-refractivity contribution in [2.45, 2.75) is 45.2 Å². The van der Waals surface area contributed by atoms with Gasteiger partial charge in [0.2, 0.25) is 0 Å². The molecule has 2 rings (SSSR count). The number of hydrogen-bond donors (Lipinski definition) is 1. The topological polar surface area (TPSA) is 72.1 Å². The van der Waals surface area contributed by atoms with Gasteiger partial charge in [-0.1, -0.05) is 0 Å². The lowest BCUT2D eigenvalue weighted by Crippen LogP contribution is -2.47. The summed E-state index contributed by atoms with van der Waals surface area (Å²) in [4.78, 5) is 14.2. The van der Waals surface area contributed by atoms with Crippen molar-refractivity contribution in [3.05, 3.63) is 17.8 Å². The Morgan fingerprint density at radius 2 is 1.94 bits per heavy atom. The summed E-state index contributed by atoms with van der Waals surface area (Å²) in [6.07, 6.45) is 3.29. The molecule has 0 aliphatic carbocycles. The van der Waals surface area contributed by atoms with Gasteiger partial charge in [0.25, 0.3) is 5.91 Å². The average Bonchev–Trinajstić information content (AvgIpc) is 2.29. The van der Waals surface area contributed by atoms with Crippen LogP contribution in [0.5, 0.6) is 0 Å². The van der Waals surface area contributed by atoms with Gasteiger partial charge in [-0.2, -0.15) is 0 Å². The predicted molar refractivity (Wildman–Crippen MR) is 65.4 cm³/mol. The van der Waals surface area contributed by atoms with Crippen molar-refractivity contribution in [3.63, 3.8) is 0 Å². The lowest BCUT2D eigenvalue weighted by Gasteiger charge is -2.38. The van der Waals surface area contributed by atoms with Crippen LogP contribution in [0.4, 0.5) is 5.82 Å². The van der Waals surface area contributed by atoms with Crippen molar-refractivity contribution < 1.29 is 4.79 Å². The highest BCUT2D eigenvalue weighted by Crippen LogP contribution is 2.23. The van der Waals surface area contributed by atoms with Gasteiger partial charge in [0, 0.05) is 12.1 Å². The number of piperidine rings is 1. The maximum atomic E-state index is 12.3. The van der Waals surface area contributed by atoms with Gasteiger partial charge >= 0.3 is 0 Å². The smallest absolute Gasteiger partial charge is 0.274 e. The zero-order valence-electron chi connectivity index (χ0n) is 10.3. The third kappa shape index (κ3) is 2.38. The van der Waals surface area contributed by atoms with Crippen molar-refractivity contribution in [2.75, 3.05) is 5.73 Å². The minimum Gasteiger partial charge on any atom is -0.382 e. The second kappa shape index (κ2) is 4.69. The highest BCUT2D eigenvalue weighted by molar-refractivity contribution is 5.92. The highest BCUT2D eigenvalue weighted by Gasteiger charge is 2.30. The monoisotopic (exact) mass is 234 g/mol. The molecule has 2 unspecified atom stereocenters. The molecule has 2 heterocycles. The number of rotatable bonds is 1. The normalized spacial score (nSPS) is 24.7. The van der Waals surface area contributed by atoms with Crippen LogP contribution in [0, 0.1) is 0 Å². The number of amides is 1. The predicted octanol–water partition coefficient (Wildman–Crippen LogP) is 1.46. The van der Waals surface area contributed by atoms with Gasteiger partial charge < -0.3 is 10.6 Å². The minimum absolute atomic E-state index is 0.0443. The largest absolute Gasteiger partial charge is 0.382 e. The Labute approximate surface area is 101 Å². The van der Waals surface area contributed by atoms with E-state index >= 15 is 0 Å². The first-order valence-corrected chi connectivity index (χ1v) is 6.01. The van der Waals surface area contributed by atoms with E-state index in [1.807, 2.05) is 4.90 Å². The van der Waals surface area contributed by atoms with E-state index in [-0.39, 0.29) is 18.0 Å². The molecule has 2 N–H and O–H groups in total. The molecule has 1 saturated heterocycles. The van der Waals surface area contributed by atoms with Crippen LogP contribution in [0.15, 0.2) is 12.1 Å². The van der Waals surface area contributed by atoms with Gasteiger partial charge in [-0.3, -0.25) is 4.79 Å². The van der Waals surface area contributed by atoms with Gasteiger partial charge in [-0.05, 0) is 45.2 Å². The molecule has 0 saturated carbocycles. The summed E-state index contributed by atoms with van der Waals surface area (Å²) in [5.41, 5.74) is 5.84. The molecule has 5 heteroatoms. The van der Waals surface area contributed by atoms with Gasteiger partial charge in [0.05, 0.1) is 0 Å². The second-order valence-electron chi connectivity index (χ2n) is 4.68. The Kier molecular flexibility index (Phi) is 3.26. The summed E-state index contributed by atoms with van der Waals surface area (Å²) in [7, 11) is 0. The maximum absolute atomic E-state index is 12.3. The number of aromatic nitrogens is 2. The number of nitrogen functional groups attached to an aromatic ring is 1. The molecule has 0 spiro atoms. The van der Waals surface area contributed by atoms with Gasteiger partial charge in [0.1, 0.15) is 5.82 Å². The molecule has 5 nitrogen and oxygen atoms in total. The third-order valence-corrected chi connectivity index (χ3v) is 3.33. The van der Waals surface area contributed by atoms with E-state index < -0.39 is 0 Å². The maximum Gasteiger partial charge on any atom is 0.274 e. The fourth-order valence-electron chi connectivity index (χ4n) is 2.41. The van der Waals surface area contributed by atoms with Crippen molar-refractivity contribution in [1.29, 1.82) is 0 Å². The SMILES string of the molecule is CC1CCCC(C)N1C(=O)c1ccc(N)nn1. The number of nitrogens with two attached hydrogens (primary N) is 1. The van der Waals surface area contributed by atoms with E-state index in [0.717, 1.165) is 12.8 Å². The summed E-state index contributed by atoms with van der Waals surface area (Å²) < 4.78 is 0. The summed E-state index contributed by atoms with van der Waals surface area (Å²) in [5.74, 6) is 0.290. The molecule has 0 bridgehead atoms. The number of anilines is 1. The number of carbonyl (C=O) groups excluding carboxylic acids is 1. The van der Waals surface area contributed by atoms with Crippen LogP contribution in [0.3, 0.4) is 0 Å². The van der Waals surface area contributed by atoms with E-state index in [0.29, 0.717) is 11.5 Å². The van der Waals surface area contributed by atoms with Crippen LogP contribution in [-0.2, 0) is 0 Å². The molecule has 1 aliphatic heterocycles. The van der Waals surface area contributed by atoms with Crippen molar-refractivity contribution in [3.8, 4) is 0 Å². The number of hydrogen-bond acceptors (Lipinski definition) is 4. The highest BCUT2D eigenvalue weighted by atomic mass is 16.2.